The number of rotatable bonds is 4. The van der Waals surface area contributed by atoms with E-state index in [9.17, 15) is 14.5 Å². The molecular weight excluding hydrogens is 247 g/mol. The summed E-state index contributed by atoms with van der Waals surface area (Å²) >= 11 is 0. The van der Waals surface area contributed by atoms with E-state index in [1.165, 1.54) is 37.8 Å². The molecule has 3 atom stereocenters. The normalized spacial score (nSPS) is 28.6. The van der Waals surface area contributed by atoms with Crippen LogP contribution in [0.4, 0.5) is 15.8 Å². The minimum Gasteiger partial charge on any atom is -0.384 e. The second-order valence-electron chi connectivity index (χ2n) is 5.77. The molecule has 1 aromatic carbocycles. The summed E-state index contributed by atoms with van der Waals surface area (Å²) in [5.74, 6) is 1.74. The van der Waals surface area contributed by atoms with E-state index in [1.807, 2.05) is 0 Å². The van der Waals surface area contributed by atoms with Crippen LogP contribution < -0.4 is 5.32 Å². The highest BCUT2D eigenvalue weighted by molar-refractivity contribution is 5.51. The van der Waals surface area contributed by atoms with Crippen molar-refractivity contribution in [1.82, 2.24) is 0 Å². The average molecular weight is 264 g/mol. The molecule has 3 rings (SSSR count). The van der Waals surface area contributed by atoms with Gasteiger partial charge in [-0.2, -0.15) is 0 Å². The topological polar surface area (TPSA) is 55.2 Å². The van der Waals surface area contributed by atoms with Crippen molar-refractivity contribution in [3.8, 4) is 0 Å². The molecule has 2 saturated carbocycles. The van der Waals surface area contributed by atoms with Crippen LogP contribution in [0.1, 0.15) is 25.7 Å². The number of anilines is 1. The number of nitro benzene ring substituents is 1. The molecule has 2 bridgehead atoms. The predicted molar refractivity (Wildman–Crippen MR) is 70.5 cm³/mol. The summed E-state index contributed by atoms with van der Waals surface area (Å²) in [6.45, 7) is 0.793. The summed E-state index contributed by atoms with van der Waals surface area (Å²) in [6.07, 6.45) is 5.23. The van der Waals surface area contributed by atoms with Gasteiger partial charge in [0.1, 0.15) is 5.82 Å². The number of nitrogens with zero attached hydrogens (tertiary/aromatic N) is 1. The second kappa shape index (κ2) is 4.79. The van der Waals surface area contributed by atoms with Crippen molar-refractivity contribution in [3.05, 3.63) is 34.1 Å². The first-order valence-electron chi connectivity index (χ1n) is 6.80. The van der Waals surface area contributed by atoms with E-state index in [0.29, 0.717) is 11.6 Å². The van der Waals surface area contributed by atoms with Crippen LogP contribution in [0, 0.1) is 33.7 Å². The molecule has 1 N–H and O–H groups in total. The van der Waals surface area contributed by atoms with Crippen LogP contribution in [0.3, 0.4) is 0 Å². The van der Waals surface area contributed by atoms with Crippen molar-refractivity contribution in [1.29, 1.82) is 0 Å². The Balaban J connectivity index is 1.65. The van der Waals surface area contributed by atoms with Gasteiger partial charge in [0.15, 0.2) is 0 Å². The Hall–Kier alpha value is -1.65. The van der Waals surface area contributed by atoms with Gasteiger partial charge in [-0.1, -0.05) is 6.42 Å². The number of nitrogens with one attached hydrogen (secondary N) is 1. The van der Waals surface area contributed by atoms with Crippen molar-refractivity contribution in [2.24, 2.45) is 17.8 Å². The maximum Gasteiger partial charge on any atom is 0.274 e. The van der Waals surface area contributed by atoms with E-state index < -0.39 is 10.7 Å². The Kier molecular flexibility index (Phi) is 3.12. The van der Waals surface area contributed by atoms with E-state index in [4.69, 9.17) is 0 Å². The second-order valence-corrected chi connectivity index (χ2v) is 5.77. The summed E-state index contributed by atoms with van der Waals surface area (Å²) in [5, 5.41) is 13.8. The molecule has 0 heterocycles. The third-order valence-corrected chi connectivity index (χ3v) is 4.55. The minimum absolute atomic E-state index is 0.199. The number of nitro groups is 1. The van der Waals surface area contributed by atoms with Crippen LogP contribution in [-0.4, -0.2) is 11.5 Å². The summed E-state index contributed by atoms with van der Waals surface area (Å²) < 4.78 is 13.3. The van der Waals surface area contributed by atoms with E-state index in [-0.39, 0.29) is 5.69 Å². The zero-order chi connectivity index (χ0) is 13.4. The third-order valence-electron chi connectivity index (χ3n) is 4.55. The summed E-state index contributed by atoms with van der Waals surface area (Å²) in [6, 6.07) is 3.67. The van der Waals surface area contributed by atoms with Gasteiger partial charge in [-0.25, -0.2) is 4.39 Å². The largest absolute Gasteiger partial charge is 0.384 e. The quantitative estimate of drug-likeness (QED) is 0.668. The lowest BCUT2D eigenvalue weighted by atomic mass is 9.89. The molecular formula is C14H17FN2O2. The zero-order valence-electron chi connectivity index (χ0n) is 10.6. The molecule has 0 aromatic heterocycles. The Morgan fingerprint density at radius 2 is 2.16 bits per heavy atom. The molecule has 19 heavy (non-hydrogen) atoms. The van der Waals surface area contributed by atoms with Crippen LogP contribution >= 0.6 is 0 Å². The number of fused-ring (bicyclic) bond motifs is 2. The molecule has 1 aromatic rings. The monoisotopic (exact) mass is 264 g/mol. The van der Waals surface area contributed by atoms with Gasteiger partial charge in [0.05, 0.1) is 11.0 Å². The van der Waals surface area contributed by atoms with E-state index in [0.717, 1.165) is 24.4 Å². The van der Waals surface area contributed by atoms with Gasteiger partial charge < -0.3 is 5.32 Å². The van der Waals surface area contributed by atoms with Gasteiger partial charge in [-0.3, -0.25) is 10.1 Å². The highest BCUT2D eigenvalue weighted by atomic mass is 19.1. The summed E-state index contributed by atoms with van der Waals surface area (Å²) in [4.78, 5) is 10.1. The molecule has 2 aliphatic rings. The van der Waals surface area contributed by atoms with Crippen LogP contribution in [0.5, 0.6) is 0 Å². The van der Waals surface area contributed by atoms with E-state index in [1.54, 1.807) is 0 Å². The molecule has 0 aliphatic heterocycles. The fourth-order valence-electron chi connectivity index (χ4n) is 3.66. The lowest BCUT2D eigenvalue weighted by Gasteiger charge is -2.22. The van der Waals surface area contributed by atoms with Crippen LogP contribution in [0.15, 0.2) is 18.2 Å². The molecule has 0 saturated heterocycles. The van der Waals surface area contributed by atoms with Gasteiger partial charge in [-0.15, -0.1) is 0 Å². The van der Waals surface area contributed by atoms with E-state index >= 15 is 0 Å². The molecule has 4 nitrogen and oxygen atoms in total. The molecule has 2 aliphatic carbocycles. The number of halogens is 1. The third kappa shape index (κ3) is 2.55. The molecule has 0 spiro atoms. The fourth-order valence-corrected chi connectivity index (χ4v) is 3.66. The minimum atomic E-state index is -0.565. The fraction of sp³-hybridized carbons (Fsp3) is 0.571. The van der Waals surface area contributed by atoms with Gasteiger partial charge in [0.2, 0.25) is 0 Å². The van der Waals surface area contributed by atoms with Crippen molar-refractivity contribution < 1.29 is 9.31 Å². The van der Waals surface area contributed by atoms with Gasteiger partial charge in [0, 0.05) is 18.3 Å². The average Bonchev–Trinajstić information content (AvgIpc) is 2.97. The molecule has 3 unspecified atom stereocenters. The molecule has 5 heteroatoms. The summed E-state index contributed by atoms with van der Waals surface area (Å²) in [5.41, 5.74) is 0.310. The van der Waals surface area contributed by atoms with Crippen molar-refractivity contribution in [2.75, 3.05) is 11.9 Å². The van der Waals surface area contributed by atoms with E-state index in [2.05, 4.69) is 5.32 Å². The maximum absolute atomic E-state index is 13.3. The highest BCUT2D eigenvalue weighted by Gasteiger charge is 2.39. The maximum atomic E-state index is 13.3. The first-order valence-corrected chi connectivity index (χ1v) is 6.80. The van der Waals surface area contributed by atoms with Gasteiger partial charge in [-0.05, 0) is 43.1 Å². The lowest BCUT2D eigenvalue weighted by Crippen LogP contribution is -2.20. The lowest BCUT2D eigenvalue weighted by molar-refractivity contribution is -0.385. The predicted octanol–water partition coefficient (Wildman–Crippen LogP) is 3.58. The molecule has 2 fully saturated rings. The Labute approximate surface area is 111 Å². The number of non-ortho nitro benzene ring substituents is 1. The first kappa shape index (κ1) is 12.4. The molecule has 0 amide bonds. The van der Waals surface area contributed by atoms with Crippen LogP contribution in [0.25, 0.3) is 0 Å². The first-order chi connectivity index (χ1) is 9.11. The standard InChI is InChI=1S/C14H17FN2O2/c15-12-5-13(7-14(6-12)17(18)19)16-8-11-4-9-1-2-10(11)3-9/h5-7,9-11,16H,1-4,8H2. The number of hydrogen-bond donors (Lipinski definition) is 1. The highest BCUT2D eigenvalue weighted by Crippen LogP contribution is 2.48. The Bertz CT molecular complexity index is 506. The zero-order valence-corrected chi connectivity index (χ0v) is 10.6. The SMILES string of the molecule is O=[N+]([O-])c1cc(F)cc(NCC2CC3CCC2C3)c1. The number of hydrogen-bond acceptors (Lipinski definition) is 3. The molecule has 102 valence electrons. The number of benzene rings is 1. The van der Waals surface area contributed by atoms with Crippen LogP contribution in [-0.2, 0) is 0 Å². The van der Waals surface area contributed by atoms with Gasteiger partial charge in [0.25, 0.3) is 5.69 Å². The van der Waals surface area contributed by atoms with Crippen molar-refractivity contribution in [3.63, 3.8) is 0 Å². The van der Waals surface area contributed by atoms with Crippen molar-refractivity contribution in [2.45, 2.75) is 25.7 Å². The summed E-state index contributed by atoms with van der Waals surface area (Å²) in [7, 11) is 0. The van der Waals surface area contributed by atoms with Gasteiger partial charge >= 0.3 is 0 Å². The van der Waals surface area contributed by atoms with Crippen LogP contribution in [0.2, 0.25) is 0 Å². The smallest absolute Gasteiger partial charge is 0.274 e. The van der Waals surface area contributed by atoms with Crippen molar-refractivity contribution >= 4 is 11.4 Å². The molecule has 0 radical (unpaired) electrons. The Morgan fingerprint density at radius 1 is 1.32 bits per heavy atom. The Morgan fingerprint density at radius 3 is 2.79 bits per heavy atom.